The van der Waals surface area contributed by atoms with Crippen molar-refractivity contribution in [3.63, 3.8) is 0 Å². The number of pyridine rings is 1. The van der Waals surface area contributed by atoms with Crippen molar-refractivity contribution in [3.05, 3.63) is 48.7 Å². The molecule has 0 aliphatic heterocycles. The number of benzene rings is 1. The molecule has 0 aliphatic rings. The molecule has 0 unspecified atom stereocenters. The first-order valence-corrected chi connectivity index (χ1v) is 5.24. The molecule has 1 aromatic heterocycles. The lowest BCUT2D eigenvalue weighted by Gasteiger charge is -1.97. The number of carboxylic acids is 2. The van der Waals surface area contributed by atoms with Gasteiger partial charge in [-0.05, 0) is 12.1 Å². The molecule has 0 bridgehead atoms. The second-order valence-electron chi connectivity index (χ2n) is 3.43. The number of aromatic nitrogens is 1. The summed E-state index contributed by atoms with van der Waals surface area (Å²) < 4.78 is 0. The second kappa shape index (κ2) is 6.75. The fourth-order valence-electron chi connectivity index (χ4n) is 1.26. The number of carboxylic acid groups (broad SMARTS) is 2. The Balaban J connectivity index is 0.000000203. The van der Waals surface area contributed by atoms with Crippen LogP contribution in [0.5, 0.6) is 0 Å². The van der Waals surface area contributed by atoms with Gasteiger partial charge in [-0.15, -0.1) is 0 Å². The Bertz CT molecular complexity index is 602. The minimum atomic E-state index is -1.26. The zero-order valence-corrected chi connectivity index (χ0v) is 9.85. The first-order chi connectivity index (χ1) is 9.00. The standard InChI is InChI=1S/C9H8N2.C4H4O4/c10-8-5-6-11-9-4-2-1-3-7(8)9;5-3(6)1-2-4(7)8/h1-6H,(H2,10,11);1-2H,(H,5,6)(H,7,8)/b;2-1-. The second-order valence-corrected chi connectivity index (χ2v) is 3.43. The van der Waals surface area contributed by atoms with Crippen LogP contribution in [0.1, 0.15) is 0 Å². The fraction of sp³-hybridized carbons (Fsp3) is 0. The maximum atomic E-state index is 9.55. The number of nitrogens with zero attached hydrogens (tertiary/aromatic N) is 1. The van der Waals surface area contributed by atoms with Crippen LogP contribution in [0.2, 0.25) is 0 Å². The molecular weight excluding hydrogens is 248 g/mol. The molecule has 0 aliphatic carbocycles. The number of fused-ring (bicyclic) bond motifs is 1. The highest BCUT2D eigenvalue weighted by atomic mass is 16.4. The average molecular weight is 260 g/mol. The lowest BCUT2D eigenvalue weighted by molar-refractivity contribution is -0.134. The van der Waals surface area contributed by atoms with Crippen LogP contribution in [-0.2, 0) is 9.59 Å². The lowest BCUT2D eigenvalue weighted by atomic mass is 10.2. The molecule has 4 N–H and O–H groups in total. The van der Waals surface area contributed by atoms with Crippen LogP contribution in [0.3, 0.4) is 0 Å². The largest absolute Gasteiger partial charge is 0.478 e. The summed E-state index contributed by atoms with van der Waals surface area (Å²) in [7, 11) is 0. The summed E-state index contributed by atoms with van der Waals surface area (Å²) in [5.41, 5.74) is 7.46. The van der Waals surface area contributed by atoms with Gasteiger partial charge in [0.25, 0.3) is 0 Å². The minimum absolute atomic E-state index is 0.558. The third kappa shape index (κ3) is 4.86. The third-order valence-electron chi connectivity index (χ3n) is 2.05. The van der Waals surface area contributed by atoms with Crippen molar-refractivity contribution in [2.75, 3.05) is 5.73 Å². The van der Waals surface area contributed by atoms with E-state index in [1.165, 1.54) is 0 Å². The van der Waals surface area contributed by atoms with Crippen molar-refractivity contribution in [2.45, 2.75) is 0 Å². The van der Waals surface area contributed by atoms with Gasteiger partial charge in [0.1, 0.15) is 0 Å². The smallest absolute Gasteiger partial charge is 0.328 e. The van der Waals surface area contributed by atoms with Gasteiger partial charge in [-0.3, -0.25) is 4.98 Å². The summed E-state index contributed by atoms with van der Waals surface area (Å²) in [5, 5.41) is 16.6. The van der Waals surface area contributed by atoms with Crippen LogP contribution < -0.4 is 5.73 Å². The summed E-state index contributed by atoms with van der Waals surface area (Å²) in [5.74, 6) is -2.51. The van der Waals surface area contributed by atoms with Gasteiger partial charge in [-0.25, -0.2) is 9.59 Å². The zero-order chi connectivity index (χ0) is 14.3. The lowest BCUT2D eigenvalue weighted by Crippen LogP contribution is -1.91. The highest BCUT2D eigenvalue weighted by Crippen LogP contribution is 2.16. The van der Waals surface area contributed by atoms with E-state index in [1.807, 2.05) is 30.3 Å². The first-order valence-electron chi connectivity index (χ1n) is 5.24. The van der Waals surface area contributed by atoms with Crippen molar-refractivity contribution in [1.82, 2.24) is 4.98 Å². The molecule has 2 aromatic rings. The van der Waals surface area contributed by atoms with Gasteiger partial charge < -0.3 is 15.9 Å². The predicted molar refractivity (Wildman–Crippen MR) is 70.6 cm³/mol. The highest BCUT2D eigenvalue weighted by Gasteiger charge is 1.94. The Hall–Kier alpha value is -2.89. The van der Waals surface area contributed by atoms with Gasteiger partial charge in [0.15, 0.2) is 0 Å². The molecule has 1 aromatic carbocycles. The Labute approximate surface area is 108 Å². The van der Waals surface area contributed by atoms with Gasteiger partial charge in [0, 0.05) is 29.4 Å². The normalized spacial score (nSPS) is 9.89. The highest BCUT2D eigenvalue weighted by molar-refractivity contribution is 5.90. The summed E-state index contributed by atoms with van der Waals surface area (Å²) in [6, 6.07) is 9.64. The number of nitrogen functional groups attached to an aromatic ring is 1. The van der Waals surface area contributed by atoms with E-state index < -0.39 is 11.9 Å². The molecule has 2 rings (SSSR count). The summed E-state index contributed by atoms with van der Waals surface area (Å²) in [6.45, 7) is 0. The van der Waals surface area contributed by atoms with Crippen LogP contribution >= 0.6 is 0 Å². The van der Waals surface area contributed by atoms with Crippen LogP contribution in [-0.4, -0.2) is 27.1 Å². The number of anilines is 1. The van der Waals surface area contributed by atoms with Crippen molar-refractivity contribution in [2.24, 2.45) is 0 Å². The fourth-order valence-corrected chi connectivity index (χ4v) is 1.26. The Morgan fingerprint density at radius 2 is 1.63 bits per heavy atom. The SMILES string of the molecule is Nc1ccnc2ccccc12.O=C(O)/C=C\C(=O)O. The maximum absolute atomic E-state index is 9.55. The van der Waals surface area contributed by atoms with E-state index >= 15 is 0 Å². The molecular formula is C13H12N2O4. The van der Waals surface area contributed by atoms with Crippen LogP contribution in [0, 0.1) is 0 Å². The molecule has 0 saturated carbocycles. The van der Waals surface area contributed by atoms with Gasteiger partial charge in [-0.2, -0.15) is 0 Å². The van der Waals surface area contributed by atoms with E-state index in [0.29, 0.717) is 12.2 Å². The number of hydrogen-bond donors (Lipinski definition) is 3. The van der Waals surface area contributed by atoms with E-state index in [0.717, 1.165) is 16.6 Å². The monoisotopic (exact) mass is 260 g/mol. The molecule has 0 amide bonds. The number of aliphatic carboxylic acids is 2. The van der Waals surface area contributed by atoms with E-state index in [1.54, 1.807) is 6.20 Å². The average Bonchev–Trinajstić information content (AvgIpc) is 2.38. The van der Waals surface area contributed by atoms with Gasteiger partial charge >= 0.3 is 11.9 Å². The predicted octanol–water partition coefficient (Wildman–Crippen LogP) is 1.53. The quantitative estimate of drug-likeness (QED) is 0.705. The summed E-state index contributed by atoms with van der Waals surface area (Å²) in [6.07, 6.45) is 2.84. The van der Waals surface area contributed by atoms with E-state index in [4.69, 9.17) is 15.9 Å². The molecule has 6 nitrogen and oxygen atoms in total. The molecule has 0 atom stereocenters. The number of para-hydroxylation sites is 1. The Kier molecular flexibility index (Phi) is 5.04. The van der Waals surface area contributed by atoms with Gasteiger partial charge in [0.2, 0.25) is 0 Å². The number of nitrogens with two attached hydrogens (primary N) is 1. The molecule has 0 saturated heterocycles. The van der Waals surface area contributed by atoms with Crippen LogP contribution in [0.4, 0.5) is 5.69 Å². The summed E-state index contributed by atoms with van der Waals surface area (Å²) in [4.78, 5) is 23.3. The molecule has 19 heavy (non-hydrogen) atoms. The molecule has 0 spiro atoms. The number of hydrogen-bond acceptors (Lipinski definition) is 4. The number of carbonyl (C=O) groups is 2. The van der Waals surface area contributed by atoms with Crippen molar-refractivity contribution in [3.8, 4) is 0 Å². The first kappa shape index (κ1) is 14.2. The molecule has 0 radical (unpaired) electrons. The van der Waals surface area contributed by atoms with E-state index in [-0.39, 0.29) is 0 Å². The molecule has 0 fully saturated rings. The number of rotatable bonds is 2. The third-order valence-corrected chi connectivity index (χ3v) is 2.05. The molecule has 1 heterocycles. The Morgan fingerprint density at radius 3 is 2.16 bits per heavy atom. The van der Waals surface area contributed by atoms with Crippen LogP contribution in [0.25, 0.3) is 10.9 Å². The van der Waals surface area contributed by atoms with E-state index in [9.17, 15) is 9.59 Å². The summed E-state index contributed by atoms with van der Waals surface area (Å²) >= 11 is 0. The van der Waals surface area contributed by atoms with Crippen molar-refractivity contribution >= 4 is 28.5 Å². The van der Waals surface area contributed by atoms with E-state index in [2.05, 4.69) is 4.98 Å². The van der Waals surface area contributed by atoms with Crippen molar-refractivity contribution < 1.29 is 19.8 Å². The van der Waals surface area contributed by atoms with Crippen LogP contribution in [0.15, 0.2) is 48.7 Å². The van der Waals surface area contributed by atoms with Crippen molar-refractivity contribution in [1.29, 1.82) is 0 Å². The molecule has 98 valence electrons. The zero-order valence-electron chi connectivity index (χ0n) is 9.85. The van der Waals surface area contributed by atoms with Gasteiger partial charge in [0.05, 0.1) is 5.52 Å². The van der Waals surface area contributed by atoms with Gasteiger partial charge in [-0.1, -0.05) is 18.2 Å². The maximum Gasteiger partial charge on any atom is 0.328 e. The topological polar surface area (TPSA) is 114 Å². The Morgan fingerprint density at radius 1 is 1.05 bits per heavy atom. The molecule has 6 heteroatoms. The minimum Gasteiger partial charge on any atom is -0.478 e.